The minimum atomic E-state index is -0.423. The molecule has 0 unspecified atom stereocenters. The summed E-state index contributed by atoms with van der Waals surface area (Å²) in [6.07, 6.45) is 3.57. The maximum Gasteiger partial charge on any atom is 0.325 e. The van der Waals surface area contributed by atoms with Crippen molar-refractivity contribution >= 4 is 33.3 Å². The molecule has 3 rings (SSSR count). The third kappa shape index (κ3) is 3.70. The number of nitrogens with one attached hydrogen (secondary N) is 2. The third-order valence-corrected chi connectivity index (χ3v) is 4.26. The fraction of sp³-hybridized carbons (Fsp3) is 0.357. The third-order valence-electron chi connectivity index (χ3n) is 3.36. The van der Waals surface area contributed by atoms with E-state index in [0.29, 0.717) is 10.8 Å². The Morgan fingerprint density at radius 1 is 1.09 bits per heavy atom. The Labute approximate surface area is 131 Å². The van der Waals surface area contributed by atoms with Gasteiger partial charge in [-0.15, -0.1) is 10.2 Å². The van der Waals surface area contributed by atoms with Crippen LogP contribution in [0.5, 0.6) is 0 Å². The van der Waals surface area contributed by atoms with Gasteiger partial charge >= 0.3 is 6.03 Å². The van der Waals surface area contributed by atoms with Gasteiger partial charge in [-0.05, 0) is 43.5 Å². The van der Waals surface area contributed by atoms with Gasteiger partial charge in [0.2, 0.25) is 10.3 Å². The van der Waals surface area contributed by atoms with Gasteiger partial charge in [0.1, 0.15) is 5.82 Å². The van der Waals surface area contributed by atoms with Gasteiger partial charge in [0.15, 0.2) is 0 Å². The Hall–Kier alpha value is -2.22. The zero-order valence-corrected chi connectivity index (χ0v) is 12.7. The second-order valence-electron chi connectivity index (χ2n) is 5.02. The Morgan fingerprint density at radius 3 is 2.55 bits per heavy atom. The molecule has 1 aliphatic heterocycles. The normalized spacial score (nSPS) is 14.7. The molecular weight excluding hydrogens is 305 g/mol. The molecule has 0 spiro atoms. The van der Waals surface area contributed by atoms with Crippen LogP contribution in [0.1, 0.15) is 19.3 Å². The van der Waals surface area contributed by atoms with E-state index >= 15 is 0 Å². The van der Waals surface area contributed by atoms with Crippen molar-refractivity contribution in [2.24, 2.45) is 0 Å². The highest BCUT2D eigenvalue weighted by Gasteiger charge is 2.16. The number of urea groups is 1. The van der Waals surface area contributed by atoms with Crippen LogP contribution in [-0.2, 0) is 0 Å². The van der Waals surface area contributed by atoms with Crippen LogP contribution in [0.3, 0.4) is 0 Å². The zero-order valence-electron chi connectivity index (χ0n) is 11.9. The molecule has 1 aliphatic rings. The summed E-state index contributed by atoms with van der Waals surface area (Å²) in [5.41, 5.74) is 0.514. The van der Waals surface area contributed by atoms with Gasteiger partial charge in [-0.25, -0.2) is 9.18 Å². The molecular formula is C14H16FN5OS. The van der Waals surface area contributed by atoms with Crippen LogP contribution < -0.4 is 15.5 Å². The topological polar surface area (TPSA) is 70.1 Å². The first kappa shape index (κ1) is 14.7. The summed E-state index contributed by atoms with van der Waals surface area (Å²) < 4.78 is 12.8. The summed E-state index contributed by atoms with van der Waals surface area (Å²) in [4.78, 5) is 14.0. The number of halogens is 1. The average molecular weight is 321 g/mol. The van der Waals surface area contributed by atoms with E-state index in [2.05, 4.69) is 25.7 Å². The standard InChI is InChI=1S/C14H16FN5OS/c15-10-4-6-11(7-5-10)16-12(21)17-13-18-19-14(22-13)20-8-2-1-3-9-20/h4-7H,1-3,8-9H2,(H2,16,17,18,21). The van der Waals surface area contributed by atoms with Crippen LogP contribution in [0.4, 0.5) is 25.1 Å². The molecule has 2 amide bonds. The number of anilines is 3. The summed E-state index contributed by atoms with van der Waals surface area (Å²) in [7, 11) is 0. The van der Waals surface area contributed by atoms with Crippen LogP contribution in [0.15, 0.2) is 24.3 Å². The fourth-order valence-electron chi connectivity index (χ4n) is 2.27. The van der Waals surface area contributed by atoms with Crippen molar-refractivity contribution in [2.75, 3.05) is 28.6 Å². The lowest BCUT2D eigenvalue weighted by Crippen LogP contribution is -2.29. The van der Waals surface area contributed by atoms with Crippen LogP contribution in [0, 0.1) is 5.82 Å². The number of aromatic nitrogens is 2. The molecule has 8 heteroatoms. The summed E-state index contributed by atoms with van der Waals surface area (Å²) in [6.45, 7) is 1.97. The zero-order chi connectivity index (χ0) is 15.4. The molecule has 1 aromatic heterocycles. The molecule has 116 valence electrons. The first-order valence-corrected chi connectivity index (χ1v) is 7.94. The van der Waals surface area contributed by atoms with E-state index in [1.807, 2.05) is 0 Å². The molecule has 0 atom stereocenters. The number of piperidine rings is 1. The van der Waals surface area contributed by atoms with Gasteiger partial charge in [-0.2, -0.15) is 0 Å². The van der Waals surface area contributed by atoms with Crippen LogP contribution in [-0.4, -0.2) is 29.3 Å². The Morgan fingerprint density at radius 2 is 1.82 bits per heavy atom. The molecule has 22 heavy (non-hydrogen) atoms. The number of benzene rings is 1. The van der Waals surface area contributed by atoms with Crippen LogP contribution >= 0.6 is 11.3 Å². The predicted octanol–water partition coefficient (Wildman–Crippen LogP) is 3.31. The highest BCUT2D eigenvalue weighted by atomic mass is 32.1. The summed E-state index contributed by atoms with van der Waals surface area (Å²) in [5, 5.41) is 14.6. The number of hydrogen-bond acceptors (Lipinski definition) is 5. The Balaban J connectivity index is 1.57. The lowest BCUT2D eigenvalue weighted by molar-refractivity contribution is 0.262. The van der Waals surface area contributed by atoms with Crippen molar-refractivity contribution in [3.63, 3.8) is 0 Å². The lowest BCUT2D eigenvalue weighted by Gasteiger charge is -2.25. The number of carbonyl (C=O) groups is 1. The molecule has 1 aromatic carbocycles. The minimum Gasteiger partial charge on any atom is -0.347 e. The molecule has 0 aliphatic carbocycles. The molecule has 2 heterocycles. The van der Waals surface area contributed by atoms with Crippen molar-refractivity contribution in [3.05, 3.63) is 30.1 Å². The van der Waals surface area contributed by atoms with E-state index in [0.717, 1.165) is 31.1 Å². The molecule has 1 fully saturated rings. The van der Waals surface area contributed by atoms with E-state index in [1.54, 1.807) is 0 Å². The first-order valence-electron chi connectivity index (χ1n) is 7.13. The molecule has 0 bridgehead atoms. The van der Waals surface area contributed by atoms with Gasteiger partial charge in [0.05, 0.1) is 0 Å². The van der Waals surface area contributed by atoms with Crippen molar-refractivity contribution in [1.29, 1.82) is 0 Å². The van der Waals surface area contributed by atoms with Crippen LogP contribution in [0.2, 0.25) is 0 Å². The van der Waals surface area contributed by atoms with Gasteiger partial charge in [0, 0.05) is 18.8 Å². The molecule has 0 radical (unpaired) electrons. The van der Waals surface area contributed by atoms with Gasteiger partial charge in [-0.1, -0.05) is 11.3 Å². The lowest BCUT2D eigenvalue weighted by atomic mass is 10.1. The second kappa shape index (κ2) is 6.69. The number of hydrogen-bond donors (Lipinski definition) is 2. The average Bonchev–Trinajstić information content (AvgIpc) is 2.99. The highest BCUT2D eigenvalue weighted by molar-refractivity contribution is 7.19. The quantitative estimate of drug-likeness (QED) is 0.910. The van der Waals surface area contributed by atoms with Gasteiger partial charge in [-0.3, -0.25) is 5.32 Å². The van der Waals surface area contributed by atoms with Crippen molar-refractivity contribution in [3.8, 4) is 0 Å². The fourth-order valence-corrected chi connectivity index (χ4v) is 3.06. The summed E-state index contributed by atoms with van der Waals surface area (Å²) in [6, 6.07) is 5.14. The molecule has 2 aromatic rings. The predicted molar refractivity (Wildman–Crippen MR) is 85.0 cm³/mol. The Kier molecular flexibility index (Phi) is 4.47. The summed E-state index contributed by atoms with van der Waals surface area (Å²) >= 11 is 1.35. The Bertz CT molecular complexity index is 639. The van der Waals surface area contributed by atoms with E-state index < -0.39 is 6.03 Å². The smallest absolute Gasteiger partial charge is 0.325 e. The van der Waals surface area contributed by atoms with E-state index in [4.69, 9.17) is 0 Å². The highest BCUT2D eigenvalue weighted by Crippen LogP contribution is 2.26. The van der Waals surface area contributed by atoms with Gasteiger partial charge < -0.3 is 10.2 Å². The molecule has 1 saturated heterocycles. The maximum absolute atomic E-state index is 12.8. The van der Waals surface area contributed by atoms with E-state index in [9.17, 15) is 9.18 Å². The minimum absolute atomic E-state index is 0.346. The first-order chi connectivity index (χ1) is 10.7. The molecule has 6 nitrogen and oxygen atoms in total. The second-order valence-corrected chi connectivity index (χ2v) is 5.98. The molecule has 2 N–H and O–H groups in total. The van der Waals surface area contributed by atoms with Crippen molar-refractivity contribution < 1.29 is 9.18 Å². The monoisotopic (exact) mass is 321 g/mol. The van der Waals surface area contributed by atoms with Crippen LogP contribution in [0.25, 0.3) is 0 Å². The number of amides is 2. The van der Waals surface area contributed by atoms with E-state index in [-0.39, 0.29) is 5.82 Å². The number of nitrogens with zero attached hydrogens (tertiary/aromatic N) is 3. The summed E-state index contributed by atoms with van der Waals surface area (Å²) in [5.74, 6) is -0.346. The maximum atomic E-state index is 12.8. The number of carbonyl (C=O) groups excluding carboxylic acids is 1. The van der Waals surface area contributed by atoms with Crippen molar-refractivity contribution in [2.45, 2.75) is 19.3 Å². The SMILES string of the molecule is O=C(Nc1ccc(F)cc1)Nc1nnc(N2CCCCC2)s1. The number of rotatable bonds is 3. The molecule has 0 saturated carbocycles. The van der Waals surface area contributed by atoms with Crippen molar-refractivity contribution in [1.82, 2.24) is 10.2 Å². The van der Waals surface area contributed by atoms with Gasteiger partial charge in [0.25, 0.3) is 0 Å². The largest absolute Gasteiger partial charge is 0.347 e. The van der Waals surface area contributed by atoms with E-state index in [1.165, 1.54) is 42.0 Å².